The third-order valence-corrected chi connectivity index (χ3v) is 5.30. The highest BCUT2D eigenvalue weighted by Crippen LogP contribution is 2.47. The van der Waals surface area contributed by atoms with Gasteiger partial charge >= 0.3 is 0 Å². The number of morpholine rings is 1. The number of rotatable bonds is 2. The number of ether oxygens (including phenoxy) is 4. The van der Waals surface area contributed by atoms with E-state index in [4.69, 9.17) is 18.9 Å². The standard InChI is InChI=1S/C19H24N2O4/c1-20-7-5-14-12-16-18(25-13-24-16)19(22-2)17(14)15(20)4-3-6-21-8-10-23-11-9-21/h12,15H,5-11,13H2,1-2H3/p+2/t15-/m1/s1. The summed E-state index contributed by atoms with van der Waals surface area (Å²) in [6.45, 7) is 5.95. The number of benzene rings is 1. The Morgan fingerprint density at radius 1 is 1.24 bits per heavy atom. The number of methoxy groups -OCH3 is 1. The van der Waals surface area contributed by atoms with E-state index in [0.717, 1.165) is 63.1 Å². The van der Waals surface area contributed by atoms with Gasteiger partial charge in [0.25, 0.3) is 0 Å². The minimum atomic E-state index is 0.105. The Kier molecular flexibility index (Phi) is 4.71. The summed E-state index contributed by atoms with van der Waals surface area (Å²) in [5.74, 6) is 9.25. The summed E-state index contributed by atoms with van der Waals surface area (Å²) in [6.07, 6.45) is 1.00. The van der Waals surface area contributed by atoms with Crippen LogP contribution in [0.25, 0.3) is 0 Å². The molecule has 0 amide bonds. The predicted molar refractivity (Wildman–Crippen MR) is 91.5 cm³/mol. The van der Waals surface area contributed by atoms with Crippen molar-refractivity contribution in [2.75, 3.05) is 60.3 Å². The van der Waals surface area contributed by atoms with E-state index in [1.807, 2.05) is 0 Å². The molecule has 4 rings (SSSR count). The molecule has 0 bridgehead atoms. The maximum atomic E-state index is 5.72. The van der Waals surface area contributed by atoms with Gasteiger partial charge in [0.1, 0.15) is 19.6 Å². The van der Waals surface area contributed by atoms with Crippen molar-refractivity contribution >= 4 is 0 Å². The van der Waals surface area contributed by atoms with Crippen molar-refractivity contribution in [1.29, 1.82) is 0 Å². The molecule has 1 saturated heterocycles. The molecule has 1 unspecified atom stereocenters. The number of likely N-dealkylation sites (N-methyl/N-ethyl adjacent to an activating group) is 1. The van der Waals surface area contributed by atoms with Crippen LogP contribution in [0.4, 0.5) is 0 Å². The first kappa shape index (κ1) is 16.5. The van der Waals surface area contributed by atoms with Gasteiger partial charge in [0, 0.05) is 6.42 Å². The molecular formula is C19H26N2O4+2. The minimum absolute atomic E-state index is 0.105. The third-order valence-electron chi connectivity index (χ3n) is 5.30. The molecule has 3 aliphatic rings. The Bertz CT molecular complexity index is 704. The summed E-state index contributed by atoms with van der Waals surface area (Å²) >= 11 is 0. The lowest BCUT2D eigenvalue weighted by Gasteiger charge is -2.30. The lowest BCUT2D eigenvalue weighted by molar-refractivity contribution is -0.906. The summed E-state index contributed by atoms with van der Waals surface area (Å²) in [4.78, 5) is 2.90. The molecule has 2 N–H and O–H groups in total. The molecular weight excluding hydrogens is 320 g/mol. The molecule has 0 radical (unpaired) electrons. The predicted octanol–water partition coefficient (Wildman–Crippen LogP) is -1.55. The third kappa shape index (κ3) is 3.15. The van der Waals surface area contributed by atoms with E-state index in [1.165, 1.54) is 20.9 Å². The van der Waals surface area contributed by atoms with Crippen molar-refractivity contribution in [3.63, 3.8) is 0 Å². The minimum Gasteiger partial charge on any atom is -0.492 e. The average molecular weight is 346 g/mol. The summed E-state index contributed by atoms with van der Waals surface area (Å²) in [6, 6.07) is 2.21. The van der Waals surface area contributed by atoms with Gasteiger partial charge in [0.05, 0.1) is 39.5 Å². The van der Waals surface area contributed by atoms with Gasteiger partial charge in [-0.25, -0.2) is 0 Å². The van der Waals surface area contributed by atoms with Gasteiger partial charge in [-0.15, -0.1) is 0 Å². The van der Waals surface area contributed by atoms with Gasteiger partial charge in [0.2, 0.25) is 12.5 Å². The Balaban J connectivity index is 1.63. The van der Waals surface area contributed by atoms with Crippen LogP contribution in [0, 0.1) is 11.8 Å². The van der Waals surface area contributed by atoms with Crippen LogP contribution in [-0.4, -0.2) is 60.3 Å². The van der Waals surface area contributed by atoms with E-state index in [-0.39, 0.29) is 12.8 Å². The molecule has 6 nitrogen and oxygen atoms in total. The van der Waals surface area contributed by atoms with Gasteiger partial charge in [0.15, 0.2) is 17.5 Å². The Hall–Kier alpha value is -1.94. The molecule has 1 fully saturated rings. The zero-order chi connectivity index (χ0) is 17.2. The molecule has 1 aromatic rings. The van der Waals surface area contributed by atoms with E-state index in [1.54, 1.807) is 7.11 Å². The van der Waals surface area contributed by atoms with Crippen LogP contribution in [0.3, 0.4) is 0 Å². The highest BCUT2D eigenvalue weighted by Gasteiger charge is 2.35. The molecule has 1 aromatic carbocycles. The molecule has 2 atom stereocenters. The first-order valence-corrected chi connectivity index (χ1v) is 8.99. The number of hydrogen-bond donors (Lipinski definition) is 2. The second kappa shape index (κ2) is 7.12. The highest BCUT2D eigenvalue weighted by atomic mass is 16.7. The molecule has 0 aromatic heterocycles. The molecule has 3 aliphatic heterocycles. The molecule has 25 heavy (non-hydrogen) atoms. The van der Waals surface area contributed by atoms with Crippen molar-refractivity contribution in [2.24, 2.45) is 0 Å². The van der Waals surface area contributed by atoms with Crippen LogP contribution in [0.15, 0.2) is 6.07 Å². The summed E-state index contributed by atoms with van der Waals surface area (Å²) in [5, 5.41) is 0. The number of hydrogen-bond acceptors (Lipinski definition) is 4. The lowest BCUT2D eigenvalue weighted by atomic mass is 9.91. The van der Waals surface area contributed by atoms with Crippen LogP contribution in [-0.2, 0) is 11.2 Å². The van der Waals surface area contributed by atoms with Crippen LogP contribution in [0.2, 0.25) is 0 Å². The topological polar surface area (TPSA) is 45.8 Å². The molecule has 0 aliphatic carbocycles. The number of fused-ring (bicyclic) bond motifs is 2. The number of nitrogens with one attached hydrogen (secondary N) is 2. The first-order chi connectivity index (χ1) is 12.3. The van der Waals surface area contributed by atoms with Crippen molar-refractivity contribution in [3.05, 3.63) is 17.2 Å². The van der Waals surface area contributed by atoms with E-state index in [2.05, 4.69) is 25.0 Å². The second-order valence-electron chi connectivity index (χ2n) is 6.86. The van der Waals surface area contributed by atoms with E-state index < -0.39 is 0 Å². The normalized spacial score (nSPS) is 25.0. The highest BCUT2D eigenvalue weighted by molar-refractivity contribution is 5.62. The zero-order valence-corrected chi connectivity index (χ0v) is 14.9. The van der Waals surface area contributed by atoms with E-state index >= 15 is 0 Å². The lowest BCUT2D eigenvalue weighted by Crippen LogP contribution is -3.14. The summed E-state index contributed by atoms with van der Waals surface area (Å²) < 4.78 is 22.4. The Labute approximate surface area is 148 Å². The van der Waals surface area contributed by atoms with Crippen LogP contribution in [0.5, 0.6) is 17.2 Å². The smallest absolute Gasteiger partial charge is 0.231 e. The molecule has 3 heterocycles. The van der Waals surface area contributed by atoms with Gasteiger partial charge in [-0.2, -0.15) is 0 Å². The fraction of sp³-hybridized carbons (Fsp3) is 0.579. The zero-order valence-electron chi connectivity index (χ0n) is 14.9. The molecule has 134 valence electrons. The molecule has 0 spiro atoms. The van der Waals surface area contributed by atoms with Gasteiger partial charge in [-0.3, -0.25) is 0 Å². The van der Waals surface area contributed by atoms with Crippen molar-refractivity contribution in [3.8, 4) is 29.1 Å². The maximum Gasteiger partial charge on any atom is 0.231 e. The Morgan fingerprint density at radius 2 is 2.08 bits per heavy atom. The monoisotopic (exact) mass is 346 g/mol. The van der Waals surface area contributed by atoms with Gasteiger partial charge in [-0.05, 0) is 23.5 Å². The largest absolute Gasteiger partial charge is 0.492 e. The quantitative estimate of drug-likeness (QED) is 0.637. The first-order valence-electron chi connectivity index (χ1n) is 8.99. The second-order valence-corrected chi connectivity index (χ2v) is 6.86. The fourth-order valence-corrected chi connectivity index (χ4v) is 3.84. The van der Waals surface area contributed by atoms with Gasteiger partial charge in [-0.1, -0.05) is 0 Å². The summed E-state index contributed by atoms with van der Waals surface area (Å²) in [5.41, 5.74) is 2.43. The molecule has 0 saturated carbocycles. The summed E-state index contributed by atoms with van der Waals surface area (Å²) in [7, 11) is 3.90. The number of quaternary nitrogens is 2. The van der Waals surface area contributed by atoms with Crippen molar-refractivity contribution in [1.82, 2.24) is 0 Å². The average Bonchev–Trinajstić information content (AvgIpc) is 3.11. The van der Waals surface area contributed by atoms with Crippen molar-refractivity contribution < 1.29 is 28.7 Å². The SMILES string of the molecule is COc1c2c(cc3c1[C@@H](C#CC[NH+]1CCOCC1)[NH+](C)CC3)OCO2. The van der Waals surface area contributed by atoms with Crippen molar-refractivity contribution in [2.45, 2.75) is 12.5 Å². The van der Waals surface area contributed by atoms with E-state index in [9.17, 15) is 0 Å². The van der Waals surface area contributed by atoms with Crippen LogP contribution in [0.1, 0.15) is 17.2 Å². The molecule has 6 heteroatoms. The van der Waals surface area contributed by atoms with Crippen LogP contribution < -0.4 is 24.0 Å². The van der Waals surface area contributed by atoms with Gasteiger partial charge < -0.3 is 28.7 Å². The maximum absolute atomic E-state index is 5.72. The van der Waals surface area contributed by atoms with E-state index in [0.29, 0.717) is 0 Å². The van der Waals surface area contributed by atoms with Crippen LogP contribution >= 0.6 is 0 Å². The fourth-order valence-electron chi connectivity index (χ4n) is 3.84. The Morgan fingerprint density at radius 3 is 2.88 bits per heavy atom.